The average molecular weight is 322 g/mol. The van der Waals surface area contributed by atoms with Crippen molar-refractivity contribution in [3.8, 4) is 11.5 Å². The summed E-state index contributed by atoms with van der Waals surface area (Å²) in [4.78, 5) is 10.1. The molecule has 2 aromatic carbocycles. The number of phenolic OH excluding ortho intramolecular Hbond substituents is 1. The molecular weight excluding hydrogens is 310 g/mol. The maximum Gasteiger partial charge on any atom is 0.269 e. The second kappa shape index (κ2) is 6.77. The Morgan fingerprint density at radius 2 is 2.05 bits per heavy atom. The van der Waals surface area contributed by atoms with E-state index >= 15 is 0 Å². The Bertz CT molecular complexity index is 717. The van der Waals surface area contributed by atoms with Crippen LogP contribution in [0.4, 0.5) is 11.4 Å². The third kappa shape index (κ3) is 3.64. The lowest BCUT2D eigenvalue weighted by molar-refractivity contribution is -0.384. The van der Waals surface area contributed by atoms with Crippen LogP contribution >= 0.6 is 11.6 Å². The molecule has 0 aliphatic carbocycles. The van der Waals surface area contributed by atoms with Crippen LogP contribution in [0.25, 0.3) is 0 Å². The molecule has 114 valence electrons. The van der Waals surface area contributed by atoms with Gasteiger partial charge in [-0.15, -0.1) is 0 Å². The molecule has 0 spiro atoms. The topological polar surface area (TPSA) is 97.0 Å². The Kier molecular flexibility index (Phi) is 4.80. The number of ether oxygens (including phenoxy) is 1. The maximum absolute atomic E-state index is 10.5. The van der Waals surface area contributed by atoms with Crippen LogP contribution < -0.4 is 10.2 Å². The zero-order valence-electron chi connectivity index (χ0n) is 11.5. The number of hydrazone groups is 1. The van der Waals surface area contributed by atoms with Crippen LogP contribution in [0.15, 0.2) is 41.5 Å². The Morgan fingerprint density at radius 1 is 1.36 bits per heavy atom. The quantitative estimate of drug-likeness (QED) is 0.499. The van der Waals surface area contributed by atoms with Gasteiger partial charge in [-0.2, -0.15) is 5.10 Å². The number of hydrogen-bond acceptors (Lipinski definition) is 6. The van der Waals surface area contributed by atoms with Crippen molar-refractivity contribution >= 4 is 29.2 Å². The standard InChI is InChI=1S/C14H12ClN3O4/c1-22-13-7-9(6-12(15)14(13)19)8-16-17-10-2-4-11(5-3-10)18(20)21/h2-8,17,19H,1H3. The molecule has 0 saturated carbocycles. The number of halogens is 1. The first-order valence-corrected chi connectivity index (χ1v) is 6.49. The summed E-state index contributed by atoms with van der Waals surface area (Å²) in [5, 5.41) is 24.3. The molecule has 0 amide bonds. The molecule has 0 saturated heterocycles. The minimum atomic E-state index is -0.474. The molecule has 0 radical (unpaired) electrons. The van der Waals surface area contributed by atoms with E-state index in [-0.39, 0.29) is 22.2 Å². The van der Waals surface area contributed by atoms with E-state index in [0.29, 0.717) is 11.3 Å². The van der Waals surface area contributed by atoms with Crippen LogP contribution in [0.2, 0.25) is 5.02 Å². The van der Waals surface area contributed by atoms with E-state index in [1.165, 1.54) is 31.5 Å². The second-order valence-corrected chi connectivity index (χ2v) is 4.63. The number of rotatable bonds is 5. The number of methoxy groups -OCH3 is 1. The molecule has 2 aromatic rings. The number of anilines is 1. The van der Waals surface area contributed by atoms with Crippen LogP contribution in [-0.4, -0.2) is 23.4 Å². The van der Waals surface area contributed by atoms with Crippen molar-refractivity contribution in [2.45, 2.75) is 0 Å². The highest BCUT2D eigenvalue weighted by Gasteiger charge is 2.07. The SMILES string of the molecule is COc1cc(C=NNc2ccc([N+](=O)[O-])cc2)cc(Cl)c1O. The molecule has 0 aliphatic rings. The molecule has 7 nitrogen and oxygen atoms in total. The highest BCUT2D eigenvalue weighted by atomic mass is 35.5. The molecule has 0 unspecified atom stereocenters. The van der Waals surface area contributed by atoms with Crippen molar-refractivity contribution in [1.82, 2.24) is 0 Å². The Balaban J connectivity index is 2.09. The van der Waals surface area contributed by atoms with Crippen LogP contribution in [0.3, 0.4) is 0 Å². The number of nitro benzene ring substituents is 1. The van der Waals surface area contributed by atoms with E-state index in [4.69, 9.17) is 16.3 Å². The second-order valence-electron chi connectivity index (χ2n) is 4.23. The number of nitrogens with zero attached hydrogens (tertiary/aromatic N) is 2. The van der Waals surface area contributed by atoms with Crippen molar-refractivity contribution in [3.63, 3.8) is 0 Å². The monoisotopic (exact) mass is 321 g/mol. The zero-order chi connectivity index (χ0) is 16.1. The number of hydrogen-bond donors (Lipinski definition) is 2. The summed E-state index contributed by atoms with van der Waals surface area (Å²) in [7, 11) is 1.42. The lowest BCUT2D eigenvalue weighted by Gasteiger charge is -2.06. The first-order chi connectivity index (χ1) is 10.5. The summed E-state index contributed by atoms with van der Waals surface area (Å²) in [6, 6.07) is 8.93. The van der Waals surface area contributed by atoms with Gasteiger partial charge < -0.3 is 9.84 Å². The molecule has 8 heteroatoms. The number of phenols is 1. The fourth-order valence-corrected chi connectivity index (χ4v) is 1.88. The number of non-ortho nitro benzene ring substituents is 1. The summed E-state index contributed by atoms with van der Waals surface area (Å²) in [6.45, 7) is 0. The molecule has 22 heavy (non-hydrogen) atoms. The van der Waals surface area contributed by atoms with Crippen molar-refractivity contribution < 1.29 is 14.8 Å². The largest absolute Gasteiger partial charge is 0.503 e. The van der Waals surface area contributed by atoms with Crippen LogP contribution in [0, 0.1) is 10.1 Å². The summed E-state index contributed by atoms with van der Waals surface area (Å²) in [6.07, 6.45) is 1.48. The number of nitro groups is 1. The predicted molar refractivity (Wildman–Crippen MR) is 84.0 cm³/mol. The van der Waals surface area contributed by atoms with Gasteiger partial charge in [0.2, 0.25) is 0 Å². The summed E-state index contributed by atoms with van der Waals surface area (Å²) < 4.78 is 4.99. The number of nitrogens with one attached hydrogen (secondary N) is 1. The van der Waals surface area contributed by atoms with E-state index in [0.717, 1.165) is 0 Å². The summed E-state index contributed by atoms with van der Waals surface area (Å²) in [5.41, 5.74) is 3.95. The summed E-state index contributed by atoms with van der Waals surface area (Å²) in [5.74, 6) is 0.105. The van der Waals surface area contributed by atoms with Gasteiger partial charge in [-0.25, -0.2) is 0 Å². The van der Waals surface area contributed by atoms with E-state index in [1.54, 1.807) is 18.2 Å². The fourth-order valence-electron chi connectivity index (χ4n) is 1.66. The molecular formula is C14H12ClN3O4. The third-order valence-corrected chi connectivity index (χ3v) is 3.04. The minimum Gasteiger partial charge on any atom is -0.503 e. The first kappa shape index (κ1) is 15.6. The molecule has 0 fully saturated rings. The predicted octanol–water partition coefficient (Wildman–Crippen LogP) is 3.41. The van der Waals surface area contributed by atoms with Gasteiger partial charge in [-0.1, -0.05) is 11.6 Å². The number of aromatic hydroxyl groups is 1. The van der Waals surface area contributed by atoms with Gasteiger partial charge in [0, 0.05) is 12.1 Å². The van der Waals surface area contributed by atoms with Crippen LogP contribution in [0.1, 0.15) is 5.56 Å². The van der Waals surface area contributed by atoms with Gasteiger partial charge in [0.1, 0.15) is 0 Å². The first-order valence-electron chi connectivity index (χ1n) is 6.11. The van der Waals surface area contributed by atoms with Gasteiger partial charge in [-0.3, -0.25) is 15.5 Å². The lowest BCUT2D eigenvalue weighted by Crippen LogP contribution is -1.93. The third-order valence-electron chi connectivity index (χ3n) is 2.76. The Morgan fingerprint density at radius 3 is 2.64 bits per heavy atom. The Hall–Kier alpha value is -2.80. The molecule has 2 rings (SSSR count). The van der Waals surface area contributed by atoms with Gasteiger partial charge in [0.15, 0.2) is 11.5 Å². The maximum atomic E-state index is 10.5. The molecule has 2 N–H and O–H groups in total. The lowest BCUT2D eigenvalue weighted by atomic mass is 10.2. The van der Waals surface area contributed by atoms with Gasteiger partial charge in [-0.05, 0) is 29.8 Å². The zero-order valence-corrected chi connectivity index (χ0v) is 12.2. The van der Waals surface area contributed by atoms with E-state index in [1.807, 2.05) is 0 Å². The van der Waals surface area contributed by atoms with Crippen molar-refractivity contribution in [2.75, 3.05) is 12.5 Å². The Labute approximate surface area is 130 Å². The van der Waals surface area contributed by atoms with E-state index < -0.39 is 4.92 Å². The number of benzene rings is 2. The van der Waals surface area contributed by atoms with Crippen LogP contribution in [-0.2, 0) is 0 Å². The highest BCUT2D eigenvalue weighted by Crippen LogP contribution is 2.34. The average Bonchev–Trinajstić information content (AvgIpc) is 2.51. The van der Waals surface area contributed by atoms with Crippen molar-refractivity contribution in [2.24, 2.45) is 5.10 Å². The summed E-state index contributed by atoms with van der Waals surface area (Å²) >= 11 is 5.86. The van der Waals surface area contributed by atoms with Gasteiger partial charge >= 0.3 is 0 Å². The van der Waals surface area contributed by atoms with Crippen molar-refractivity contribution in [1.29, 1.82) is 0 Å². The normalized spacial score (nSPS) is 10.6. The van der Waals surface area contributed by atoms with E-state index in [9.17, 15) is 15.2 Å². The molecule has 0 aromatic heterocycles. The molecule has 0 atom stereocenters. The van der Waals surface area contributed by atoms with Gasteiger partial charge in [0.25, 0.3) is 5.69 Å². The molecule has 0 heterocycles. The highest BCUT2D eigenvalue weighted by molar-refractivity contribution is 6.32. The molecule has 0 bridgehead atoms. The smallest absolute Gasteiger partial charge is 0.269 e. The van der Waals surface area contributed by atoms with Crippen LogP contribution in [0.5, 0.6) is 11.5 Å². The van der Waals surface area contributed by atoms with Crippen molar-refractivity contribution in [3.05, 3.63) is 57.1 Å². The fraction of sp³-hybridized carbons (Fsp3) is 0.0714. The minimum absolute atomic E-state index is 0.00424. The van der Waals surface area contributed by atoms with Gasteiger partial charge in [0.05, 0.1) is 29.0 Å². The van der Waals surface area contributed by atoms with E-state index in [2.05, 4.69) is 10.5 Å². The molecule has 0 aliphatic heterocycles.